The van der Waals surface area contributed by atoms with Crippen molar-refractivity contribution in [3.05, 3.63) is 65.2 Å². The molecule has 0 unspecified atom stereocenters. The number of nitrogens with one attached hydrogen (secondary N) is 2. The number of carbonyl (C=O) groups is 1. The van der Waals surface area contributed by atoms with Crippen molar-refractivity contribution in [2.75, 3.05) is 19.4 Å². The number of benzene rings is 2. The van der Waals surface area contributed by atoms with Gasteiger partial charge in [0.2, 0.25) is 0 Å². The third-order valence-corrected chi connectivity index (χ3v) is 4.55. The molecule has 5 heteroatoms. The second kappa shape index (κ2) is 10.0. The number of thioether (sulfide) groups is 1. The van der Waals surface area contributed by atoms with Crippen LogP contribution in [0.25, 0.3) is 0 Å². The van der Waals surface area contributed by atoms with E-state index in [9.17, 15) is 4.79 Å². The van der Waals surface area contributed by atoms with Gasteiger partial charge in [-0.05, 0) is 30.2 Å². The molecule has 0 aliphatic heterocycles. The second-order valence-corrected chi connectivity index (χ2v) is 6.64. The van der Waals surface area contributed by atoms with Gasteiger partial charge in [-0.25, -0.2) is 4.79 Å². The lowest BCUT2D eigenvalue weighted by atomic mass is 10.1. The third kappa shape index (κ3) is 6.26. The molecule has 2 rings (SSSR count). The Bertz CT molecular complexity index is 644. The maximum absolute atomic E-state index is 11.9. The minimum Gasteiger partial charge on any atom is -0.380 e. The van der Waals surface area contributed by atoms with Crippen LogP contribution in [0.5, 0.6) is 0 Å². The van der Waals surface area contributed by atoms with E-state index in [4.69, 9.17) is 4.74 Å². The van der Waals surface area contributed by atoms with Crippen LogP contribution >= 0.6 is 11.8 Å². The van der Waals surface area contributed by atoms with Crippen molar-refractivity contribution in [3.63, 3.8) is 0 Å². The van der Waals surface area contributed by atoms with E-state index in [1.807, 2.05) is 24.3 Å². The Morgan fingerprint density at radius 2 is 1.75 bits per heavy atom. The van der Waals surface area contributed by atoms with Crippen LogP contribution in [-0.4, -0.2) is 25.4 Å². The van der Waals surface area contributed by atoms with E-state index in [0.29, 0.717) is 19.7 Å². The predicted molar refractivity (Wildman–Crippen MR) is 99.3 cm³/mol. The lowest BCUT2D eigenvalue weighted by Gasteiger charge is -2.11. The lowest BCUT2D eigenvalue weighted by molar-refractivity contribution is 0.184. The first-order valence-corrected chi connectivity index (χ1v) is 8.94. The van der Waals surface area contributed by atoms with Crippen LogP contribution in [0.2, 0.25) is 0 Å². The van der Waals surface area contributed by atoms with Gasteiger partial charge in [0.05, 0.1) is 6.61 Å². The summed E-state index contributed by atoms with van der Waals surface area (Å²) in [5, 5.41) is 5.77. The molecule has 128 valence electrons. The maximum atomic E-state index is 11.9. The zero-order valence-corrected chi connectivity index (χ0v) is 15.0. The molecule has 0 bridgehead atoms. The molecule has 0 aromatic heterocycles. The summed E-state index contributed by atoms with van der Waals surface area (Å²) in [7, 11) is 1.67. The zero-order valence-electron chi connectivity index (χ0n) is 14.2. The Morgan fingerprint density at radius 3 is 2.46 bits per heavy atom. The van der Waals surface area contributed by atoms with Crippen molar-refractivity contribution in [2.24, 2.45) is 0 Å². The highest BCUT2D eigenvalue weighted by Gasteiger charge is 2.04. The normalized spacial score (nSPS) is 10.4. The van der Waals surface area contributed by atoms with Crippen molar-refractivity contribution in [3.8, 4) is 0 Å². The third-order valence-electron chi connectivity index (χ3n) is 3.53. The number of carbonyl (C=O) groups excluding carboxylic acids is 1. The van der Waals surface area contributed by atoms with Gasteiger partial charge >= 0.3 is 6.03 Å². The van der Waals surface area contributed by atoms with Crippen LogP contribution in [0.1, 0.15) is 16.7 Å². The van der Waals surface area contributed by atoms with Gasteiger partial charge in [0.25, 0.3) is 0 Å². The molecule has 0 aliphatic carbocycles. The molecule has 0 atom stereocenters. The van der Waals surface area contributed by atoms with Crippen LogP contribution in [0, 0.1) is 6.92 Å². The van der Waals surface area contributed by atoms with Crippen LogP contribution < -0.4 is 10.6 Å². The summed E-state index contributed by atoms with van der Waals surface area (Å²) in [6.45, 7) is 3.75. The minimum absolute atomic E-state index is 0.147. The molecule has 2 aromatic rings. The number of urea groups is 1. The summed E-state index contributed by atoms with van der Waals surface area (Å²) in [5.74, 6) is 0.844. The predicted octanol–water partition coefficient (Wildman–Crippen LogP) is 3.73. The summed E-state index contributed by atoms with van der Waals surface area (Å²) in [6, 6.07) is 16.2. The van der Waals surface area contributed by atoms with E-state index in [2.05, 4.69) is 41.8 Å². The number of methoxy groups -OCH3 is 1. The SMILES string of the molecule is COCc1ccccc1CNC(=O)NCCSc1ccc(C)cc1. The first-order valence-electron chi connectivity index (χ1n) is 7.96. The van der Waals surface area contributed by atoms with Crippen molar-refractivity contribution < 1.29 is 9.53 Å². The molecule has 0 fully saturated rings. The van der Waals surface area contributed by atoms with Crippen molar-refractivity contribution in [1.82, 2.24) is 10.6 Å². The largest absolute Gasteiger partial charge is 0.380 e. The molecule has 2 amide bonds. The molecule has 2 aromatic carbocycles. The van der Waals surface area contributed by atoms with Crippen molar-refractivity contribution in [1.29, 1.82) is 0 Å². The topological polar surface area (TPSA) is 50.4 Å². The van der Waals surface area contributed by atoms with Crippen molar-refractivity contribution in [2.45, 2.75) is 25.0 Å². The fraction of sp³-hybridized carbons (Fsp3) is 0.316. The average molecular weight is 344 g/mol. The van der Waals surface area contributed by atoms with E-state index < -0.39 is 0 Å². The Kier molecular flexibility index (Phi) is 7.65. The summed E-state index contributed by atoms with van der Waals surface area (Å²) in [5.41, 5.74) is 3.42. The molecule has 24 heavy (non-hydrogen) atoms. The van der Waals surface area contributed by atoms with Crippen LogP contribution in [0.15, 0.2) is 53.4 Å². The highest BCUT2D eigenvalue weighted by atomic mass is 32.2. The van der Waals surface area contributed by atoms with Crippen LogP contribution in [0.4, 0.5) is 4.79 Å². The highest BCUT2D eigenvalue weighted by molar-refractivity contribution is 7.99. The number of hydrogen-bond acceptors (Lipinski definition) is 3. The molecule has 0 heterocycles. The standard InChI is InChI=1S/C19H24N2O2S/c1-15-7-9-18(10-8-15)24-12-11-20-19(22)21-13-16-5-3-4-6-17(16)14-23-2/h3-10H,11-14H2,1-2H3,(H2,20,21,22). The smallest absolute Gasteiger partial charge is 0.315 e. The average Bonchev–Trinajstić information content (AvgIpc) is 2.60. The van der Waals surface area contributed by atoms with E-state index >= 15 is 0 Å². The Labute approximate surface area is 148 Å². The Hall–Kier alpha value is -1.98. The summed E-state index contributed by atoms with van der Waals surface area (Å²) < 4.78 is 5.17. The number of ether oxygens (including phenoxy) is 1. The summed E-state index contributed by atoms with van der Waals surface area (Å²) >= 11 is 1.74. The minimum atomic E-state index is -0.147. The molecule has 0 saturated heterocycles. The fourth-order valence-corrected chi connectivity index (χ4v) is 3.00. The number of rotatable bonds is 8. The summed E-state index contributed by atoms with van der Waals surface area (Å²) in [4.78, 5) is 13.1. The van der Waals surface area contributed by atoms with Gasteiger partial charge < -0.3 is 15.4 Å². The van der Waals surface area contributed by atoms with E-state index in [-0.39, 0.29) is 6.03 Å². The number of amides is 2. The quantitative estimate of drug-likeness (QED) is 0.567. The lowest BCUT2D eigenvalue weighted by Crippen LogP contribution is -2.36. The molecule has 0 spiro atoms. The molecule has 2 N–H and O–H groups in total. The molecule has 0 aliphatic rings. The van der Waals surface area contributed by atoms with Crippen LogP contribution in [-0.2, 0) is 17.9 Å². The molecular weight excluding hydrogens is 320 g/mol. The molecule has 0 radical (unpaired) electrons. The molecule has 4 nitrogen and oxygen atoms in total. The Balaban J connectivity index is 1.67. The van der Waals surface area contributed by atoms with E-state index in [0.717, 1.165) is 16.9 Å². The monoisotopic (exact) mass is 344 g/mol. The highest BCUT2D eigenvalue weighted by Crippen LogP contribution is 2.17. The maximum Gasteiger partial charge on any atom is 0.315 e. The number of aryl methyl sites for hydroxylation is 1. The number of hydrogen-bond donors (Lipinski definition) is 2. The fourth-order valence-electron chi connectivity index (χ4n) is 2.23. The zero-order chi connectivity index (χ0) is 17.2. The van der Waals surface area contributed by atoms with Crippen LogP contribution in [0.3, 0.4) is 0 Å². The van der Waals surface area contributed by atoms with E-state index in [1.54, 1.807) is 18.9 Å². The Morgan fingerprint density at radius 1 is 1.04 bits per heavy atom. The summed E-state index contributed by atoms with van der Waals surface area (Å²) in [6.07, 6.45) is 0. The van der Waals surface area contributed by atoms with Gasteiger partial charge in [0.1, 0.15) is 0 Å². The van der Waals surface area contributed by atoms with Gasteiger partial charge in [0.15, 0.2) is 0 Å². The first-order chi connectivity index (χ1) is 11.7. The van der Waals surface area contributed by atoms with E-state index in [1.165, 1.54) is 10.5 Å². The molecule has 0 saturated carbocycles. The van der Waals surface area contributed by atoms with Gasteiger partial charge in [-0.1, -0.05) is 42.0 Å². The first kappa shape index (κ1) is 18.4. The van der Waals surface area contributed by atoms with Gasteiger partial charge in [-0.15, -0.1) is 11.8 Å². The van der Waals surface area contributed by atoms with Gasteiger partial charge in [-0.2, -0.15) is 0 Å². The van der Waals surface area contributed by atoms with Gasteiger partial charge in [0, 0.05) is 30.8 Å². The van der Waals surface area contributed by atoms with Crippen molar-refractivity contribution >= 4 is 17.8 Å². The van der Waals surface area contributed by atoms with Gasteiger partial charge in [-0.3, -0.25) is 0 Å². The molecular formula is C19H24N2O2S. The second-order valence-electron chi connectivity index (χ2n) is 5.47.